The van der Waals surface area contributed by atoms with Crippen LogP contribution in [0.15, 0.2) is 42.4 Å². The topological polar surface area (TPSA) is 143 Å². The fourth-order valence-electron chi connectivity index (χ4n) is 2.07. The summed E-state index contributed by atoms with van der Waals surface area (Å²) in [5, 5.41) is 30.1. The maximum absolute atomic E-state index is 12.1. The lowest BCUT2D eigenvalue weighted by Gasteiger charge is -2.09. The van der Waals surface area contributed by atoms with Gasteiger partial charge < -0.3 is 23.5 Å². The van der Waals surface area contributed by atoms with Crippen molar-refractivity contribution in [3.63, 3.8) is 0 Å². The zero-order valence-electron chi connectivity index (χ0n) is 13.0. The van der Waals surface area contributed by atoms with Gasteiger partial charge in [-0.05, 0) is 6.07 Å². The van der Waals surface area contributed by atoms with E-state index in [0.29, 0.717) is 11.5 Å². The first kappa shape index (κ1) is 16.0. The second-order valence-electron chi connectivity index (χ2n) is 4.65. The molecular formula is C15H10N4O6. The molecule has 0 aliphatic carbocycles. The molecule has 10 heteroatoms. The first-order valence-electron chi connectivity index (χ1n) is 6.77. The average molecular weight is 342 g/mol. The summed E-state index contributed by atoms with van der Waals surface area (Å²) in [5.74, 6) is 0.0603. The lowest BCUT2D eigenvalue weighted by atomic mass is 10.2. The Labute approximate surface area is 139 Å². The quantitative estimate of drug-likeness (QED) is 0.563. The molecular weight excluding hydrogens is 332 g/mol. The molecule has 2 aromatic heterocycles. The zero-order valence-corrected chi connectivity index (χ0v) is 13.0. The summed E-state index contributed by atoms with van der Waals surface area (Å²) < 4.78 is 20.0. The smallest absolute Gasteiger partial charge is 0.368 e. The van der Waals surface area contributed by atoms with E-state index in [-0.39, 0.29) is 22.4 Å². The van der Waals surface area contributed by atoms with Crippen molar-refractivity contribution in [3.8, 4) is 23.3 Å². The van der Waals surface area contributed by atoms with Gasteiger partial charge in [-0.25, -0.2) is 4.79 Å². The number of hydrogen-bond donors (Lipinski definition) is 1. The molecule has 126 valence electrons. The van der Waals surface area contributed by atoms with Crippen LogP contribution in [0.3, 0.4) is 0 Å². The van der Waals surface area contributed by atoms with Crippen molar-refractivity contribution in [3.05, 3.63) is 34.4 Å². The number of rotatable bonds is 4. The minimum absolute atomic E-state index is 0.0276. The number of azo groups is 1. The fraction of sp³-hybridized carbons (Fsp3) is 0.133. The maximum atomic E-state index is 12.1. The summed E-state index contributed by atoms with van der Waals surface area (Å²) >= 11 is 0. The Hall–Kier alpha value is -3.87. The summed E-state index contributed by atoms with van der Waals surface area (Å²) in [4.78, 5) is 12.1. The summed E-state index contributed by atoms with van der Waals surface area (Å²) in [6.07, 6.45) is 1.08. The van der Waals surface area contributed by atoms with Gasteiger partial charge in [0.25, 0.3) is 0 Å². The van der Waals surface area contributed by atoms with E-state index in [1.54, 1.807) is 6.07 Å². The van der Waals surface area contributed by atoms with E-state index >= 15 is 0 Å². The van der Waals surface area contributed by atoms with Crippen molar-refractivity contribution in [1.29, 1.82) is 5.26 Å². The van der Waals surface area contributed by atoms with Gasteiger partial charge in [0.1, 0.15) is 23.5 Å². The van der Waals surface area contributed by atoms with Gasteiger partial charge in [0.15, 0.2) is 17.2 Å². The SMILES string of the molecule is COc1cc2oc(=O)c(N=Nc3nocc3C#N)c(O)c2cc1OC. The predicted octanol–water partition coefficient (Wildman–Crippen LogP) is 2.79. The average Bonchev–Trinajstić information content (AvgIpc) is 3.08. The van der Waals surface area contributed by atoms with Crippen molar-refractivity contribution in [2.24, 2.45) is 10.2 Å². The third-order valence-electron chi connectivity index (χ3n) is 3.28. The molecule has 1 aromatic carbocycles. The lowest BCUT2D eigenvalue weighted by molar-refractivity contribution is 0.354. The Balaban J connectivity index is 2.16. The molecule has 1 N–H and O–H groups in total. The Morgan fingerprint density at radius 3 is 2.64 bits per heavy atom. The van der Waals surface area contributed by atoms with Gasteiger partial charge in [0.05, 0.1) is 19.6 Å². The van der Waals surface area contributed by atoms with Crippen molar-refractivity contribution >= 4 is 22.5 Å². The predicted molar refractivity (Wildman–Crippen MR) is 82.6 cm³/mol. The number of fused-ring (bicyclic) bond motifs is 1. The molecule has 3 aromatic rings. The third kappa shape index (κ3) is 2.74. The highest BCUT2D eigenvalue weighted by Gasteiger charge is 2.18. The van der Waals surface area contributed by atoms with Crippen molar-refractivity contribution < 1.29 is 23.5 Å². The van der Waals surface area contributed by atoms with Gasteiger partial charge in [0, 0.05) is 6.07 Å². The first-order valence-corrected chi connectivity index (χ1v) is 6.77. The first-order chi connectivity index (χ1) is 12.1. The summed E-state index contributed by atoms with van der Waals surface area (Å²) in [7, 11) is 2.85. The molecule has 0 saturated carbocycles. The molecule has 0 fully saturated rings. The Bertz CT molecular complexity index is 1080. The fourth-order valence-corrected chi connectivity index (χ4v) is 2.07. The van der Waals surface area contributed by atoms with Crippen LogP contribution >= 0.6 is 0 Å². The molecule has 2 heterocycles. The third-order valence-corrected chi connectivity index (χ3v) is 3.28. The molecule has 0 radical (unpaired) electrons. The van der Waals surface area contributed by atoms with Crippen molar-refractivity contribution in [2.45, 2.75) is 0 Å². The summed E-state index contributed by atoms with van der Waals surface area (Å²) in [5.41, 5.74) is -1.27. The van der Waals surface area contributed by atoms with Crippen LogP contribution in [0.2, 0.25) is 0 Å². The second-order valence-corrected chi connectivity index (χ2v) is 4.65. The van der Waals surface area contributed by atoms with Crippen molar-refractivity contribution in [1.82, 2.24) is 5.16 Å². The molecule has 0 saturated heterocycles. The largest absolute Gasteiger partial charge is 0.505 e. The number of aromatic hydroxyl groups is 1. The number of aromatic nitrogens is 1. The van der Waals surface area contributed by atoms with E-state index in [1.165, 1.54) is 26.4 Å². The molecule has 0 amide bonds. The van der Waals surface area contributed by atoms with Crippen LogP contribution in [0.25, 0.3) is 11.0 Å². The molecule has 0 aliphatic heterocycles. The van der Waals surface area contributed by atoms with Crippen LogP contribution < -0.4 is 15.1 Å². The minimum Gasteiger partial charge on any atom is -0.505 e. The van der Waals surface area contributed by atoms with Crippen LogP contribution in [-0.2, 0) is 0 Å². The summed E-state index contributed by atoms with van der Waals surface area (Å²) in [6.45, 7) is 0. The molecule has 0 aliphatic rings. The Morgan fingerprint density at radius 2 is 1.96 bits per heavy atom. The molecule has 0 spiro atoms. The van der Waals surface area contributed by atoms with E-state index in [2.05, 4.69) is 19.9 Å². The Morgan fingerprint density at radius 1 is 1.24 bits per heavy atom. The van der Waals surface area contributed by atoms with E-state index in [0.717, 1.165) is 6.26 Å². The second kappa shape index (κ2) is 6.32. The number of nitriles is 1. The Kier molecular flexibility index (Phi) is 4.05. The molecule has 0 unspecified atom stereocenters. The number of benzene rings is 1. The van der Waals surface area contributed by atoms with Gasteiger partial charge in [-0.15, -0.1) is 10.2 Å². The maximum Gasteiger partial charge on any atom is 0.368 e. The number of hydrogen-bond acceptors (Lipinski definition) is 10. The molecule has 0 bridgehead atoms. The highest BCUT2D eigenvalue weighted by atomic mass is 16.5. The standard InChI is InChI=1S/C15H10N4O6/c1-22-10-3-8-9(4-11(10)23-2)25-15(21)12(13(8)20)17-18-14-7(5-16)6-24-19-14/h3-4,6,20H,1-2H3. The van der Waals surface area contributed by atoms with Crippen LogP contribution in [0.4, 0.5) is 11.5 Å². The van der Waals surface area contributed by atoms with Crippen LogP contribution in [0, 0.1) is 11.3 Å². The lowest BCUT2D eigenvalue weighted by Crippen LogP contribution is -1.99. The molecule has 10 nitrogen and oxygen atoms in total. The van der Waals surface area contributed by atoms with Crippen LogP contribution in [0.1, 0.15) is 5.56 Å². The number of ether oxygens (including phenoxy) is 2. The molecule has 0 atom stereocenters. The van der Waals surface area contributed by atoms with Crippen molar-refractivity contribution in [2.75, 3.05) is 14.2 Å². The molecule has 25 heavy (non-hydrogen) atoms. The van der Waals surface area contributed by atoms with Gasteiger partial charge >= 0.3 is 5.63 Å². The highest BCUT2D eigenvalue weighted by molar-refractivity contribution is 5.90. The number of nitrogens with zero attached hydrogens (tertiary/aromatic N) is 4. The van der Waals surface area contributed by atoms with E-state index < -0.39 is 17.1 Å². The minimum atomic E-state index is -0.928. The van der Waals surface area contributed by atoms with Gasteiger partial charge in [-0.3, -0.25) is 0 Å². The van der Waals surface area contributed by atoms with Crippen LogP contribution in [-0.4, -0.2) is 24.5 Å². The highest BCUT2D eigenvalue weighted by Crippen LogP contribution is 2.39. The van der Waals surface area contributed by atoms with E-state index in [4.69, 9.17) is 19.2 Å². The molecule has 3 rings (SSSR count). The van der Waals surface area contributed by atoms with E-state index in [1.807, 2.05) is 0 Å². The van der Waals surface area contributed by atoms with Crippen LogP contribution in [0.5, 0.6) is 17.2 Å². The zero-order chi connectivity index (χ0) is 18.0. The monoisotopic (exact) mass is 342 g/mol. The summed E-state index contributed by atoms with van der Waals surface area (Å²) in [6, 6.07) is 4.63. The van der Waals surface area contributed by atoms with Gasteiger partial charge in [-0.2, -0.15) is 5.26 Å². The normalized spacial score (nSPS) is 10.9. The number of methoxy groups -OCH3 is 2. The van der Waals surface area contributed by atoms with Gasteiger partial charge in [0.2, 0.25) is 11.5 Å². The van der Waals surface area contributed by atoms with Gasteiger partial charge in [-0.1, -0.05) is 5.16 Å². The van der Waals surface area contributed by atoms with E-state index in [9.17, 15) is 9.90 Å².